The number of carbonyl (C=O) groups excluding carboxylic acids is 1. The van der Waals surface area contributed by atoms with Crippen LogP contribution in [0.5, 0.6) is 0 Å². The van der Waals surface area contributed by atoms with Crippen LogP contribution in [0.25, 0.3) is 0 Å². The van der Waals surface area contributed by atoms with Gasteiger partial charge in [0.25, 0.3) is 0 Å². The summed E-state index contributed by atoms with van der Waals surface area (Å²) in [4.78, 5) is 13.4. The van der Waals surface area contributed by atoms with Crippen LogP contribution in [-0.4, -0.2) is 61.3 Å². The fourth-order valence-corrected chi connectivity index (χ4v) is 4.21. The lowest BCUT2D eigenvalue weighted by Gasteiger charge is -2.22. The van der Waals surface area contributed by atoms with Crippen molar-refractivity contribution in [2.24, 2.45) is 5.92 Å². The first kappa shape index (κ1) is 16.7. The standard InChI is InChI=1S/C12H23ClN2O3S/c1-3-12(16)14-5-4-6-15(8-7-14)19(17,18)10-11(2)9-13/h11H,3-10H2,1-2H3. The van der Waals surface area contributed by atoms with E-state index in [-0.39, 0.29) is 17.6 Å². The molecule has 0 radical (unpaired) electrons. The Morgan fingerprint density at radius 3 is 2.53 bits per heavy atom. The normalized spacial score (nSPS) is 20.1. The summed E-state index contributed by atoms with van der Waals surface area (Å²) in [7, 11) is -3.26. The number of amides is 1. The second kappa shape index (κ2) is 7.45. The fraction of sp³-hybridized carbons (Fsp3) is 0.917. The number of hydrogen-bond acceptors (Lipinski definition) is 3. The second-order valence-corrected chi connectivity index (χ2v) is 7.35. The number of halogens is 1. The number of rotatable bonds is 5. The number of hydrogen-bond donors (Lipinski definition) is 0. The topological polar surface area (TPSA) is 57.7 Å². The van der Waals surface area contributed by atoms with Crippen LogP contribution in [0.4, 0.5) is 0 Å². The highest BCUT2D eigenvalue weighted by atomic mass is 35.5. The summed E-state index contributed by atoms with van der Waals surface area (Å²) >= 11 is 5.68. The average Bonchev–Trinajstić information content (AvgIpc) is 2.63. The number of sulfonamides is 1. The molecule has 1 saturated heterocycles. The molecule has 0 aliphatic carbocycles. The molecule has 1 amide bonds. The molecule has 0 aromatic heterocycles. The first-order chi connectivity index (χ1) is 8.90. The van der Waals surface area contributed by atoms with Gasteiger partial charge in [0.1, 0.15) is 0 Å². The lowest BCUT2D eigenvalue weighted by Crippen LogP contribution is -2.39. The van der Waals surface area contributed by atoms with Crippen LogP contribution in [0.1, 0.15) is 26.7 Å². The summed E-state index contributed by atoms with van der Waals surface area (Å²) in [6.07, 6.45) is 1.16. The van der Waals surface area contributed by atoms with Gasteiger partial charge in [-0.05, 0) is 12.3 Å². The smallest absolute Gasteiger partial charge is 0.222 e. The Morgan fingerprint density at radius 1 is 1.26 bits per heavy atom. The van der Waals surface area contributed by atoms with Gasteiger partial charge in [0.05, 0.1) is 5.75 Å². The van der Waals surface area contributed by atoms with E-state index in [1.165, 1.54) is 4.31 Å². The van der Waals surface area contributed by atoms with Crippen LogP contribution < -0.4 is 0 Å². The molecule has 1 aliphatic heterocycles. The van der Waals surface area contributed by atoms with Gasteiger partial charge >= 0.3 is 0 Å². The van der Waals surface area contributed by atoms with E-state index in [4.69, 9.17) is 11.6 Å². The van der Waals surface area contributed by atoms with E-state index in [1.807, 2.05) is 13.8 Å². The number of nitrogens with zero attached hydrogens (tertiary/aromatic N) is 2. The molecule has 1 fully saturated rings. The summed E-state index contributed by atoms with van der Waals surface area (Å²) in [5.74, 6) is 0.461. The Kier molecular flexibility index (Phi) is 6.56. The lowest BCUT2D eigenvalue weighted by molar-refractivity contribution is -0.130. The molecular weight excluding hydrogens is 288 g/mol. The predicted octanol–water partition coefficient (Wildman–Crippen LogP) is 1.14. The van der Waals surface area contributed by atoms with Gasteiger partial charge in [-0.15, -0.1) is 11.6 Å². The van der Waals surface area contributed by atoms with Gasteiger partial charge in [-0.2, -0.15) is 0 Å². The molecule has 19 heavy (non-hydrogen) atoms. The SMILES string of the molecule is CCC(=O)N1CCCN(S(=O)(=O)CC(C)CCl)CC1. The van der Waals surface area contributed by atoms with Crippen LogP contribution in [0, 0.1) is 5.92 Å². The third-order valence-electron chi connectivity index (χ3n) is 3.26. The van der Waals surface area contributed by atoms with Crippen LogP contribution in [-0.2, 0) is 14.8 Å². The summed E-state index contributed by atoms with van der Waals surface area (Å²) in [5.41, 5.74) is 0. The summed E-state index contributed by atoms with van der Waals surface area (Å²) in [5, 5.41) is 0. The van der Waals surface area contributed by atoms with Crippen molar-refractivity contribution in [3.05, 3.63) is 0 Å². The zero-order chi connectivity index (χ0) is 14.5. The molecule has 0 aromatic carbocycles. The van der Waals surface area contributed by atoms with E-state index in [2.05, 4.69) is 0 Å². The van der Waals surface area contributed by atoms with Gasteiger partial charge in [0.15, 0.2) is 0 Å². The zero-order valence-corrected chi connectivity index (χ0v) is 13.2. The van der Waals surface area contributed by atoms with Crippen molar-refractivity contribution in [2.45, 2.75) is 26.7 Å². The van der Waals surface area contributed by atoms with Gasteiger partial charge in [-0.1, -0.05) is 13.8 Å². The maximum Gasteiger partial charge on any atom is 0.222 e. The molecule has 1 unspecified atom stereocenters. The molecule has 0 spiro atoms. The van der Waals surface area contributed by atoms with Gasteiger partial charge in [0, 0.05) is 38.5 Å². The van der Waals surface area contributed by atoms with E-state index in [0.29, 0.717) is 44.9 Å². The molecule has 0 aromatic rings. The van der Waals surface area contributed by atoms with E-state index in [0.717, 1.165) is 0 Å². The maximum atomic E-state index is 12.2. The molecular formula is C12H23ClN2O3S. The van der Waals surface area contributed by atoms with Crippen molar-refractivity contribution in [1.29, 1.82) is 0 Å². The van der Waals surface area contributed by atoms with Crippen LogP contribution in [0.15, 0.2) is 0 Å². The molecule has 0 N–H and O–H groups in total. The minimum absolute atomic E-state index is 0.0525. The van der Waals surface area contributed by atoms with Crippen molar-refractivity contribution >= 4 is 27.5 Å². The highest BCUT2D eigenvalue weighted by Crippen LogP contribution is 2.13. The first-order valence-corrected chi connectivity index (χ1v) is 8.86. The molecule has 112 valence electrons. The quantitative estimate of drug-likeness (QED) is 0.715. The zero-order valence-electron chi connectivity index (χ0n) is 11.6. The maximum absolute atomic E-state index is 12.2. The predicted molar refractivity (Wildman–Crippen MR) is 76.7 cm³/mol. The number of carbonyl (C=O) groups is 1. The summed E-state index contributed by atoms with van der Waals surface area (Å²) in [6, 6.07) is 0. The minimum Gasteiger partial charge on any atom is -0.341 e. The van der Waals surface area contributed by atoms with Gasteiger partial charge in [-0.3, -0.25) is 4.79 Å². The molecule has 1 atom stereocenters. The third-order valence-corrected chi connectivity index (χ3v) is 5.93. The van der Waals surface area contributed by atoms with Crippen molar-refractivity contribution in [1.82, 2.24) is 9.21 Å². The van der Waals surface area contributed by atoms with E-state index >= 15 is 0 Å². The van der Waals surface area contributed by atoms with E-state index in [9.17, 15) is 13.2 Å². The monoisotopic (exact) mass is 310 g/mol. The van der Waals surface area contributed by atoms with Crippen LogP contribution >= 0.6 is 11.6 Å². The fourth-order valence-electron chi connectivity index (χ4n) is 2.15. The molecule has 1 aliphatic rings. The van der Waals surface area contributed by atoms with Crippen molar-refractivity contribution in [2.75, 3.05) is 37.8 Å². The molecule has 1 heterocycles. The minimum atomic E-state index is -3.26. The Bertz CT molecular complexity index is 400. The third kappa shape index (κ3) is 4.93. The van der Waals surface area contributed by atoms with Gasteiger partial charge in [-0.25, -0.2) is 12.7 Å². The Balaban J connectivity index is 2.64. The van der Waals surface area contributed by atoms with Crippen molar-refractivity contribution in [3.8, 4) is 0 Å². The average molecular weight is 311 g/mol. The largest absolute Gasteiger partial charge is 0.341 e. The highest BCUT2D eigenvalue weighted by molar-refractivity contribution is 7.89. The molecule has 0 bridgehead atoms. The van der Waals surface area contributed by atoms with Gasteiger partial charge in [0.2, 0.25) is 15.9 Å². The first-order valence-electron chi connectivity index (χ1n) is 6.72. The molecule has 7 heteroatoms. The molecule has 1 rings (SSSR count). The van der Waals surface area contributed by atoms with Crippen molar-refractivity contribution < 1.29 is 13.2 Å². The van der Waals surface area contributed by atoms with E-state index < -0.39 is 10.0 Å². The van der Waals surface area contributed by atoms with Crippen LogP contribution in [0.3, 0.4) is 0 Å². The van der Waals surface area contributed by atoms with Crippen molar-refractivity contribution in [3.63, 3.8) is 0 Å². The van der Waals surface area contributed by atoms with E-state index in [1.54, 1.807) is 4.90 Å². The Labute approximate surface area is 120 Å². The lowest BCUT2D eigenvalue weighted by atomic mass is 10.3. The number of alkyl halides is 1. The molecule has 0 saturated carbocycles. The molecule has 5 nitrogen and oxygen atoms in total. The van der Waals surface area contributed by atoms with Gasteiger partial charge < -0.3 is 4.90 Å². The summed E-state index contributed by atoms with van der Waals surface area (Å²) < 4.78 is 25.9. The second-order valence-electron chi connectivity index (χ2n) is 5.02. The Morgan fingerprint density at radius 2 is 1.95 bits per heavy atom. The highest BCUT2D eigenvalue weighted by Gasteiger charge is 2.27. The summed E-state index contributed by atoms with van der Waals surface area (Å²) in [6.45, 7) is 5.66. The van der Waals surface area contributed by atoms with Crippen LogP contribution in [0.2, 0.25) is 0 Å². The Hall–Kier alpha value is -0.330.